The van der Waals surface area contributed by atoms with Gasteiger partial charge in [0.2, 0.25) is 17.7 Å². The zero-order chi connectivity index (χ0) is 29.8. The number of hydrogen-bond acceptors (Lipinski definition) is 7. The summed E-state index contributed by atoms with van der Waals surface area (Å²) in [6, 6.07) is -0.350. The van der Waals surface area contributed by atoms with Gasteiger partial charge in [-0.05, 0) is 53.0 Å². The Labute approximate surface area is 240 Å². The zero-order valence-electron chi connectivity index (χ0n) is 25.4. The summed E-state index contributed by atoms with van der Waals surface area (Å²) in [5.74, 6) is 1.30. The van der Waals surface area contributed by atoms with Crippen LogP contribution in [0.4, 0.5) is 0 Å². The molecule has 10 heteroatoms. The predicted octanol–water partition coefficient (Wildman–Crippen LogP) is 3.13. The number of hydrogen-bond donors (Lipinski definition) is 3. The van der Waals surface area contributed by atoms with Crippen molar-refractivity contribution in [3.63, 3.8) is 0 Å². The standard InChI is InChI=1S/C29H53N3O6S/c1-9-26(36)31(29(7,8)20-32(27(37)10-2)28(5,6)11-3)14-17-39-16-13-25(35)30-22-18-21(4)24(19-34)38-23(22)12-15-33/h18,22-24,33-34H,9-17,19-20H2,1-8H3,(H,30,35)/t22-,23?,24?/m0/s1. The van der Waals surface area contributed by atoms with Gasteiger partial charge in [0.1, 0.15) is 6.10 Å². The summed E-state index contributed by atoms with van der Waals surface area (Å²) in [5, 5.41) is 21.8. The maximum Gasteiger partial charge on any atom is 0.222 e. The summed E-state index contributed by atoms with van der Waals surface area (Å²) in [6.45, 7) is 16.6. The van der Waals surface area contributed by atoms with Crippen molar-refractivity contribution in [1.29, 1.82) is 0 Å². The maximum absolute atomic E-state index is 12.9. The van der Waals surface area contributed by atoms with Crippen LogP contribution >= 0.6 is 11.8 Å². The third-order valence-electron chi connectivity index (χ3n) is 7.61. The van der Waals surface area contributed by atoms with Crippen LogP contribution in [-0.4, -0.2) is 105 Å². The average Bonchev–Trinajstić information content (AvgIpc) is 2.89. The van der Waals surface area contributed by atoms with E-state index in [1.54, 1.807) is 11.8 Å². The Morgan fingerprint density at radius 3 is 2.15 bits per heavy atom. The van der Waals surface area contributed by atoms with Crippen LogP contribution in [0.2, 0.25) is 0 Å². The Kier molecular flexibility index (Phi) is 15.1. The lowest BCUT2D eigenvalue weighted by atomic mass is 9.93. The van der Waals surface area contributed by atoms with Gasteiger partial charge in [0, 0.05) is 56.0 Å². The number of nitrogens with zero attached hydrogens (tertiary/aromatic N) is 2. The van der Waals surface area contributed by atoms with E-state index in [4.69, 9.17) is 4.74 Å². The molecule has 1 aliphatic rings. The van der Waals surface area contributed by atoms with E-state index >= 15 is 0 Å². The smallest absolute Gasteiger partial charge is 0.222 e. The summed E-state index contributed by atoms with van der Waals surface area (Å²) in [6.07, 6.45) is 3.41. The molecule has 3 amide bonds. The highest BCUT2D eigenvalue weighted by Crippen LogP contribution is 2.26. The molecule has 1 heterocycles. The molecule has 0 aromatic rings. The highest BCUT2D eigenvalue weighted by molar-refractivity contribution is 7.99. The van der Waals surface area contributed by atoms with E-state index in [-0.39, 0.29) is 48.6 Å². The number of thioether (sulfide) groups is 1. The summed E-state index contributed by atoms with van der Waals surface area (Å²) in [5.41, 5.74) is 0.0117. The van der Waals surface area contributed by atoms with E-state index in [1.165, 1.54) is 0 Å². The maximum atomic E-state index is 12.9. The second kappa shape index (κ2) is 16.6. The van der Waals surface area contributed by atoms with Crippen molar-refractivity contribution in [2.24, 2.45) is 0 Å². The van der Waals surface area contributed by atoms with Gasteiger partial charge in [0.15, 0.2) is 0 Å². The second-order valence-corrected chi connectivity index (χ2v) is 12.7. The van der Waals surface area contributed by atoms with Crippen molar-refractivity contribution in [3.8, 4) is 0 Å². The molecular formula is C29H53N3O6S. The van der Waals surface area contributed by atoms with Crippen LogP contribution in [0.5, 0.6) is 0 Å². The van der Waals surface area contributed by atoms with Gasteiger partial charge < -0.3 is 30.1 Å². The number of amides is 3. The molecule has 0 saturated carbocycles. The Bertz CT molecular complexity index is 832. The van der Waals surface area contributed by atoms with Gasteiger partial charge in [-0.15, -0.1) is 0 Å². The molecule has 9 nitrogen and oxygen atoms in total. The number of nitrogens with one attached hydrogen (secondary N) is 1. The lowest BCUT2D eigenvalue weighted by molar-refractivity contribution is -0.145. The lowest BCUT2D eigenvalue weighted by Crippen LogP contribution is -2.59. The van der Waals surface area contributed by atoms with Crippen LogP contribution < -0.4 is 5.32 Å². The largest absolute Gasteiger partial charge is 0.396 e. The molecule has 3 N–H and O–H groups in total. The molecule has 2 unspecified atom stereocenters. The normalized spacial score (nSPS) is 19.8. The number of rotatable bonds is 17. The summed E-state index contributed by atoms with van der Waals surface area (Å²) >= 11 is 1.62. The molecule has 0 saturated heterocycles. The van der Waals surface area contributed by atoms with E-state index < -0.39 is 11.6 Å². The van der Waals surface area contributed by atoms with E-state index in [9.17, 15) is 24.6 Å². The minimum Gasteiger partial charge on any atom is -0.396 e. The summed E-state index contributed by atoms with van der Waals surface area (Å²) in [7, 11) is 0. The molecule has 226 valence electrons. The van der Waals surface area contributed by atoms with Crippen LogP contribution in [0.3, 0.4) is 0 Å². The fourth-order valence-electron chi connectivity index (χ4n) is 4.73. The number of aliphatic hydroxyl groups excluding tert-OH is 2. The Morgan fingerprint density at radius 1 is 1.00 bits per heavy atom. The van der Waals surface area contributed by atoms with Crippen molar-refractivity contribution in [2.75, 3.05) is 37.8 Å². The van der Waals surface area contributed by atoms with Gasteiger partial charge in [0.05, 0.1) is 24.3 Å². The number of aliphatic hydroxyl groups is 2. The third kappa shape index (κ3) is 10.7. The SMILES string of the molecule is CCC(=O)N(CC(C)(C)N(CCSCCC(=O)N[C@H]1C=C(C)C(CO)OC1CCO)C(=O)CC)C(C)(C)CC. The van der Waals surface area contributed by atoms with Gasteiger partial charge in [-0.25, -0.2) is 0 Å². The molecule has 0 aromatic heterocycles. The van der Waals surface area contributed by atoms with Crippen LogP contribution in [0.1, 0.15) is 87.5 Å². The summed E-state index contributed by atoms with van der Waals surface area (Å²) in [4.78, 5) is 42.2. The molecule has 0 spiro atoms. The van der Waals surface area contributed by atoms with Gasteiger partial charge in [-0.1, -0.05) is 26.8 Å². The van der Waals surface area contributed by atoms with E-state index in [1.807, 2.05) is 50.5 Å². The van der Waals surface area contributed by atoms with Gasteiger partial charge in [0.25, 0.3) is 0 Å². The first-order valence-corrected chi connectivity index (χ1v) is 15.5. The van der Waals surface area contributed by atoms with Gasteiger partial charge >= 0.3 is 0 Å². The zero-order valence-corrected chi connectivity index (χ0v) is 26.2. The molecule has 0 aromatic carbocycles. The van der Waals surface area contributed by atoms with E-state index in [0.29, 0.717) is 50.3 Å². The number of carbonyl (C=O) groups is 3. The molecule has 0 fully saturated rings. The number of ether oxygens (including phenoxy) is 1. The fraction of sp³-hybridized carbons (Fsp3) is 0.828. The monoisotopic (exact) mass is 571 g/mol. The molecule has 1 aliphatic heterocycles. The molecule has 0 bridgehead atoms. The second-order valence-electron chi connectivity index (χ2n) is 11.4. The minimum absolute atomic E-state index is 0.0482. The first kappa shape index (κ1) is 35.4. The highest BCUT2D eigenvalue weighted by Gasteiger charge is 2.38. The Morgan fingerprint density at radius 2 is 1.62 bits per heavy atom. The fourth-order valence-corrected chi connectivity index (χ4v) is 5.57. The lowest BCUT2D eigenvalue weighted by Gasteiger charge is -2.47. The average molecular weight is 572 g/mol. The highest BCUT2D eigenvalue weighted by atomic mass is 32.2. The van der Waals surface area contributed by atoms with Crippen molar-refractivity contribution in [1.82, 2.24) is 15.1 Å². The molecular weight excluding hydrogens is 518 g/mol. The minimum atomic E-state index is -0.540. The number of carbonyl (C=O) groups excluding carboxylic acids is 3. The van der Waals surface area contributed by atoms with Gasteiger partial charge in [-0.3, -0.25) is 14.4 Å². The van der Waals surface area contributed by atoms with Crippen molar-refractivity contribution in [3.05, 3.63) is 11.6 Å². The van der Waals surface area contributed by atoms with E-state index in [2.05, 4.69) is 26.1 Å². The van der Waals surface area contributed by atoms with Crippen LogP contribution in [0.25, 0.3) is 0 Å². The first-order chi connectivity index (χ1) is 18.3. The summed E-state index contributed by atoms with van der Waals surface area (Å²) < 4.78 is 5.85. The first-order valence-electron chi connectivity index (χ1n) is 14.3. The van der Waals surface area contributed by atoms with Crippen LogP contribution in [0, 0.1) is 0 Å². The van der Waals surface area contributed by atoms with E-state index in [0.717, 1.165) is 12.0 Å². The van der Waals surface area contributed by atoms with Crippen LogP contribution in [0.15, 0.2) is 11.6 Å². The molecule has 0 radical (unpaired) electrons. The van der Waals surface area contributed by atoms with Crippen molar-refractivity contribution in [2.45, 2.75) is 117 Å². The van der Waals surface area contributed by atoms with Crippen molar-refractivity contribution >= 4 is 29.5 Å². The van der Waals surface area contributed by atoms with Crippen LogP contribution in [-0.2, 0) is 19.1 Å². The Hall–Kier alpha value is -1.62. The van der Waals surface area contributed by atoms with Crippen molar-refractivity contribution < 1.29 is 29.3 Å². The molecule has 3 atom stereocenters. The molecule has 39 heavy (non-hydrogen) atoms. The molecule has 0 aliphatic carbocycles. The topological polar surface area (TPSA) is 119 Å². The molecule has 1 rings (SSSR count). The quantitative estimate of drug-likeness (QED) is 0.181. The predicted molar refractivity (Wildman–Crippen MR) is 158 cm³/mol. The Balaban J connectivity index is 2.72. The van der Waals surface area contributed by atoms with Gasteiger partial charge in [-0.2, -0.15) is 11.8 Å². The third-order valence-corrected chi connectivity index (χ3v) is 8.57.